The minimum Gasteiger partial charge on any atom is -0.314 e. The number of rotatable bonds is 13. The number of piperazine rings is 2. The van der Waals surface area contributed by atoms with E-state index in [4.69, 9.17) is 0 Å². The molecule has 1 atom stereocenters. The second kappa shape index (κ2) is 23.9. The molecule has 1 aliphatic carbocycles. The SMILES string of the molecule is CC1=CCC(CN(c2sc3ccccc3c2C)S(=O)(=O)N2CCNCC2)C=C1.Cc1ccc(CN(c2sc3ccccc3c2C)S(=O)(=O)N2CCN(CC(F)(F)F)CC2)cc1.O=S(=O)(OCC(F)(F)F)C(F)(F)F. The lowest BCUT2D eigenvalue weighted by Crippen LogP contribution is -2.54. The maximum absolute atomic E-state index is 13.8. The predicted octanol–water partition coefficient (Wildman–Crippen LogP) is 10.1. The molecule has 0 radical (unpaired) electrons. The van der Waals surface area contributed by atoms with Gasteiger partial charge in [0.1, 0.15) is 10.0 Å². The number of hydrogen-bond donors (Lipinski definition) is 1. The van der Waals surface area contributed by atoms with E-state index >= 15 is 0 Å². The number of nitrogens with zero attached hydrogens (tertiary/aromatic N) is 5. The lowest BCUT2D eigenvalue weighted by molar-refractivity contribution is -0.156. The number of alkyl halides is 9. The van der Waals surface area contributed by atoms with Crippen molar-refractivity contribution in [2.45, 2.75) is 58.5 Å². The molecular formula is C47H55F9N6O7S5. The standard InChI is InChI=1S/C23H26F3N3O2S2.C21H27N3O2S2.C3H2F6O3S/c1-17-7-9-19(10-8-17)15-29(22-18(2)20-5-3-4-6-21(20)32-22)33(30,31)28-13-11-27(12-14-28)16-23(24,25)26;1-16-7-9-18(10-8-16)15-24(28(25,26)23-13-11-22-12-14-23)21-17(2)19-5-3-4-6-20(19)27-21;4-2(5,6)1-12-13(10,11)3(7,8)9/h3-10H,11-16H2,1-2H3;3-9,18,22H,10-15H2,1-2H3;1H2. The van der Waals surface area contributed by atoms with Gasteiger partial charge in [0.25, 0.3) is 0 Å². The van der Waals surface area contributed by atoms with Gasteiger partial charge >= 0.3 is 48.4 Å². The molecule has 4 heterocycles. The van der Waals surface area contributed by atoms with Gasteiger partial charge in [-0.15, -0.1) is 22.7 Å². The molecule has 3 aliphatic rings. The normalized spacial score (nSPS) is 17.9. The zero-order chi connectivity index (χ0) is 54.4. The predicted molar refractivity (Wildman–Crippen MR) is 272 cm³/mol. The Morgan fingerprint density at radius 2 is 1.15 bits per heavy atom. The molecule has 3 aromatic carbocycles. The van der Waals surface area contributed by atoms with Crippen molar-refractivity contribution in [3.05, 3.63) is 119 Å². The second-order valence-electron chi connectivity index (χ2n) is 17.6. The molecule has 0 amide bonds. The van der Waals surface area contributed by atoms with Crippen molar-refractivity contribution < 1.29 is 69.0 Å². The number of fused-ring (bicyclic) bond motifs is 2. The van der Waals surface area contributed by atoms with Gasteiger partial charge in [-0.05, 0) is 79.6 Å². The molecule has 2 fully saturated rings. The minimum atomic E-state index is -6.15. The Morgan fingerprint density at radius 1 is 0.649 bits per heavy atom. The topological polar surface area (TPSA) is 140 Å². The number of benzene rings is 3. The summed E-state index contributed by atoms with van der Waals surface area (Å²) in [6.45, 7) is 7.66. The lowest BCUT2D eigenvalue weighted by Gasteiger charge is -2.37. The van der Waals surface area contributed by atoms with E-state index in [0.717, 1.165) is 53.8 Å². The summed E-state index contributed by atoms with van der Waals surface area (Å²) < 4.78 is 191. The largest absolute Gasteiger partial charge is 0.523 e. The van der Waals surface area contributed by atoms with Gasteiger partial charge < -0.3 is 5.32 Å². The van der Waals surface area contributed by atoms with E-state index in [1.54, 1.807) is 19.9 Å². The summed E-state index contributed by atoms with van der Waals surface area (Å²) >= 11 is 2.99. The quantitative estimate of drug-likeness (QED) is 0.0693. The summed E-state index contributed by atoms with van der Waals surface area (Å²) in [6.07, 6.45) is -2.11. The summed E-state index contributed by atoms with van der Waals surface area (Å²) in [4.78, 5) is 1.25. The molecule has 408 valence electrons. The first-order valence-corrected chi connectivity index (χ1v) is 28.7. The summed E-state index contributed by atoms with van der Waals surface area (Å²) in [5.41, 5.74) is -0.750. The molecule has 1 unspecified atom stereocenters. The minimum absolute atomic E-state index is 0.0206. The van der Waals surface area contributed by atoms with Crippen molar-refractivity contribution >= 4 is 83.4 Å². The summed E-state index contributed by atoms with van der Waals surface area (Å²) in [7, 11) is -13.7. The van der Waals surface area contributed by atoms with Gasteiger partial charge in [-0.2, -0.15) is 73.4 Å². The number of aryl methyl sites for hydroxylation is 3. The van der Waals surface area contributed by atoms with E-state index in [1.807, 2.05) is 81.4 Å². The highest BCUT2D eigenvalue weighted by atomic mass is 32.2. The molecule has 0 bridgehead atoms. The molecule has 2 aliphatic heterocycles. The van der Waals surface area contributed by atoms with Crippen LogP contribution in [0, 0.1) is 26.7 Å². The number of nitrogens with one attached hydrogen (secondary N) is 1. The average molecular weight is 1150 g/mol. The molecule has 13 nitrogen and oxygen atoms in total. The fraction of sp³-hybridized carbons (Fsp3) is 0.447. The second-order valence-corrected chi connectivity index (χ2v) is 25.0. The molecule has 1 N–H and O–H groups in total. The van der Waals surface area contributed by atoms with Gasteiger partial charge in [-0.25, -0.2) is 8.61 Å². The van der Waals surface area contributed by atoms with Crippen molar-refractivity contribution in [1.82, 2.24) is 18.8 Å². The van der Waals surface area contributed by atoms with Crippen molar-refractivity contribution in [2.24, 2.45) is 5.92 Å². The van der Waals surface area contributed by atoms with Crippen LogP contribution in [0.1, 0.15) is 35.6 Å². The Bertz CT molecular complexity index is 3110. The highest BCUT2D eigenvalue weighted by Crippen LogP contribution is 2.42. The molecule has 5 aromatic rings. The Kier molecular flexibility index (Phi) is 19.1. The molecule has 8 rings (SSSR count). The number of thiophene rings is 2. The first-order chi connectivity index (χ1) is 34.5. The molecule has 2 aromatic heterocycles. The van der Waals surface area contributed by atoms with Crippen LogP contribution in [0.15, 0.2) is 96.6 Å². The van der Waals surface area contributed by atoms with E-state index in [9.17, 15) is 64.8 Å². The summed E-state index contributed by atoms with van der Waals surface area (Å²) in [5.74, 6) is 0.186. The number of anilines is 2. The van der Waals surface area contributed by atoms with E-state index in [1.165, 1.54) is 30.4 Å². The molecule has 27 heteroatoms. The van der Waals surface area contributed by atoms with E-state index in [0.29, 0.717) is 37.7 Å². The molecule has 2 saturated heterocycles. The Hall–Kier alpha value is -4.32. The highest BCUT2D eigenvalue weighted by Gasteiger charge is 2.49. The van der Waals surface area contributed by atoms with Crippen molar-refractivity contribution in [1.29, 1.82) is 0 Å². The molecule has 0 saturated carbocycles. The van der Waals surface area contributed by atoms with Gasteiger partial charge in [-0.1, -0.05) is 90.0 Å². The van der Waals surface area contributed by atoms with Crippen molar-refractivity contribution in [3.63, 3.8) is 0 Å². The van der Waals surface area contributed by atoms with E-state index in [-0.39, 0.29) is 38.6 Å². The van der Waals surface area contributed by atoms with Crippen LogP contribution in [0.3, 0.4) is 0 Å². The Morgan fingerprint density at radius 3 is 1.62 bits per heavy atom. The van der Waals surface area contributed by atoms with Crippen LogP contribution in [-0.4, -0.2) is 129 Å². The number of hydrogen-bond acceptors (Lipinski definition) is 11. The van der Waals surface area contributed by atoms with E-state index in [2.05, 4.69) is 46.8 Å². The first kappa shape index (κ1) is 58.9. The smallest absolute Gasteiger partial charge is 0.314 e. The van der Waals surface area contributed by atoms with Crippen LogP contribution < -0.4 is 13.9 Å². The summed E-state index contributed by atoms with van der Waals surface area (Å²) in [6, 6.07) is 23.6. The zero-order valence-corrected chi connectivity index (χ0v) is 44.5. The molecular weight excluding hydrogens is 1090 g/mol. The van der Waals surface area contributed by atoms with Crippen LogP contribution in [0.25, 0.3) is 20.2 Å². The maximum Gasteiger partial charge on any atom is 0.523 e. The lowest BCUT2D eigenvalue weighted by atomic mass is 9.97. The first-order valence-electron chi connectivity index (χ1n) is 22.9. The number of halogens is 9. The van der Waals surface area contributed by atoms with Crippen LogP contribution in [0.5, 0.6) is 0 Å². The van der Waals surface area contributed by atoms with Crippen LogP contribution in [-0.2, 0) is 41.3 Å². The third kappa shape index (κ3) is 15.2. The summed E-state index contributed by atoms with van der Waals surface area (Å²) in [5, 5.41) is 6.86. The third-order valence-corrected chi connectivity index (χ3v) is 19.6. The van der Waals surface area contributed by atoms with Gasteiger partial charge in [0, 0.05) is 68.3 Å². The van der Waals surface area contributed by atoms with Gasteiger partial charge in [0.15, 0.2) is 6.61 Å². The number of allylic oxidation sites excluding steroid dienone is 3. The monoisotopic (exact) mass is 1150 g/mol. The highest BCUT2D eigenvalue weighted by molar-refractivity contribution is 7.91. The maximum atomic E-state index is 13.8. The van der Waals surface area contributed by atoms with Crippen LogP contribution >= 0.6 is 22.7 Å². The van der Waals surface area contributed by atoms with E-state index < -0.39 is 61.5 Å². The van der Waals surface area contributed by atoms with Gasteiger partial charge in [0.05, 0.1) is 13.1 Å². The van der Waals surface area contributed by atoms with Crippen LogP contribution in [0.4, 0.5) is 49.5 Å². The fourth-order valence-electron chi connectivity index (χ4n) is 8.05. The molecule has 74 heavy (non-hydrogen) atoms. The van der Waals surface area contributed by atoms with Gasteiger partial charge in [0.2, 0.25) is 0 Å². The van der Waals surface area contributed by atoms with Crippen LogP contribution in [0.2, 0.25) is 0 Å². The fourth-order valence-corrected chi connectivity index (χ4v) is 14.7. The third-order valence-electron chi connectivity index (χ3n) is 12.0. The Balaban J connectivity index is 0.000000197. The average Bonchev–Trinajstić information content (AvgIpc) is 3.85. The zero-order valence-electron chi connectivity index (χ0n) is 40.5. The Labute approximate surface area is 433 Å². The molecule has 0 spiro atoms. The van der Waals surface area contributed by atoms with Crippen molar-refractivity contribution in [2.75, 3.05) is 80.7 Å². The van der Waals surface area contributed by atoms with Crippen molar-refractivity contribution in [3.8, 4) is 0 Å². The van der Waals surface area contributed by atoms with Gasteiger partial charge in [-0.3, -0.25) is 9.08 Å².